The third-order valence-electron chi connectivity index (χ3n) is 7.41. The molecule has 0 aliphatic carbocycles. The highest BCUT2D eigenvalue weighted by molar-refractivity contribution is 6.35. The van der Waals surface area contributed by atoms with E-state index in [9.17, 15) is 9.59 Å². The molecule has 0 bridgehead atoms. The smallest absolute Gasteiger partial charge is 0.260 e. The van der Waals surface area contributed by atoms with Crippen LogP contribution in [-0.2, 0) is 20.8 Å². The Hall–Kier alpha value is -3.71. The van der Waals surface area contributed by atoms with Crippen molar-refractivity contribution in [1.29, 1.82) is 0 Å². The quantitative estimate of drug-likeness (QED) is 0.306. The second-order valence-electron chi connectivity index (χ2n) is 10.8. The lowest BCUT2D eigenvalue weighted by Gasteiger charge is -2.26. The fourth-order valence-corrected chi connectivity index (χ4v) is 5.30. The number of ether oxygens (including phenoxy) is 4. The predicted molar refractivity (Wildman–Crippen MR) is 164 cm³/mol. The first-order chi connectivity index (χ1) is 20.8. The maximum Gasteiger partial charge on any atom is 0.260 e. The lowest BCUT2D eigenvalue weighted by molar-refractivity contribution is -0.125. The molecule has 5 rings (SSSR count). The number of methoxy groups -OCH3 is 2. The Morgan fingerprint density at radius 3 is 2.72 bits per heavy atom. The highest BCUT2D eigenvalue weighted by Crippen LogP contribution is 2.38. The van der Waals surface area contributed by atoms with E-state index in [-0.39, 0.29) is 36.8 Å². The molecule has 13 heteroatoms. The van der Waals surface area contributed by atoms with E-state index in [1.807, 2.05) is 25.1 Å². The first kappa shape index (κ1) is 30.7. The van der Waals surface area contributed by atoms with Gasteiger partial charge in [0.25, 0.3) is 5.56 Å². The van der Waals surface area contributed by atoms with Crippen LogP contribution in [0.15, 0.2) is 41.3 Å². The van der Waals surface area contributed by atoms with E-state index in [4.69, 9.17) is 35.5 Å². The van der Waals surface area contributed by atoms with Crippen LogP contribution in [0.2, 0.25) is 5.02 Å². The lowest BCUT2D eigenvalue weighted by Crippen LogP contribution is -2.40. The molecule has 12 nitrogen and oxygen atoms in total. The molecule has 1 amide bonds. The van der Waals surface area contributed by atoms with Gasteiger partial charge in [0.1, 0.15) is 17.1 Å². The lowest BCUT2D eigenvalue weighted by atomic mass is 10.0. The maximum absolute atomic E-state index is 14.1. The first-order valence-corrected chi connectivity index (χ1v) is 14.5. The predicted octanol–water partition coefficient (Wildman–Crippen LogP) is 2.68. The molecular weight excluding hydrogens is 576 g/mol. The number of aromatic nitrogens is 3. The number of likely N-dealkylation sites (N-methyl/N-ethyl adjacent to an activating group) is 1. The summed E-state index contributed by atoms with van der Waals surface area (Å²) in [6.45, 7) is 3.45. The van der Waals surface area contributed by atoms with E-state index in [2.05, 4.69) is 10.3 Å². The highest BCUT2D eigenvalue weighted by atomic mass is 35.5. The van der Waals surface area contributed by atoms with Crippen molar-refractivity contribution in [3.63, 3.8) is 0 Å². The van der Waals surface area contributed by atoms with Crippen LogP contribution in [-0.4, -0.2) is 110 Å². The van der Waals surface area contributed by atoms with Gasteiger partial charge in [-0.2, -0.15) is 4.98 Å². The van der Waals surface area contributed by atoms with Gasteiger partial charge >= 0.3 is 0 Å². The molecule has 1 atom stereocenters. The topological polar surface area (TPSA) is 120 Å². The van der Waals surface area contributed by atoms with Crippen molar-refractivity contribution in [1.82, 2.24) is 24.3 Å². The number of rotatable bonds is 12. The van der Waals surface area contributed by atoms with Crippen molar-refractivity contribution in [3.8, 4) is 22.6 Å². The van der Waals surface area contributed by atoms with Crippen LogP contribution in [0.4, 0.5) is 5.95 Å². The van der Waals surface area contributed by atoms with Crippen molar-refractivity contribution in [2.45, 2.75) is 25.1 Å². The summed E-state index contributed by atoms with van der Waals surface area (Å²) in [4.78, 5) is 39.5. The number of hydrogen-bond acceptors (Lipinski definition) is 10. The summed E-state index contributed by atoms with van der Waals surface area (Å²) >= 11 is 6.68. The van der Waals surface area contributed by atoms with Gasteiger partial charge in [-0.15, -0.1) is 0 Å². The zero-order valence-electron chi connectivity index (χ0n) is 24.8. The van der Waals surface area contributed by atoms with E-state index >= 15 is 0 Å². The Morgan fingerprint density at radius 1 is 1.21 bits per heavy atom. The first-order valence-electron chi connectivity index (χ1n) is 14.2. The number of benzene rings is 1. The largest absolute Gasteiger partial charge is 0.497 e. The number of halogens is 1. The number of likely N-dealkylation sites (tertiary alicyclic amines) is 1. The van der Waals surface area contributed by atoms with E-state index in [0.29, 0.717) is 77.5 Å². The monoisotopic (exact) mass is 612 g/mol. The van der Waals surface area contributed by atoms with Crippen molar-refractivity contribution in [3.05, 3.63) is 51.9 Å². The van der Waals surface area contributed by atoms with E-state index < -0.39 is 0 Å². The number of hydrogen-bond donors (Lipinski definition) is 1. The minimum Gasteiger partial charge on any atom is -0.497 e. The fourth-order valence-electron chi connectivity index (χ4n) is 5.01. The highest BCUT2D eigenvalue weighted by Gasteiger charge is 2.26. The molecule has 2 aliphatic heterocycles. The molecular formula is C30H37ClN6O6. The van der Waals surface area contributed by atoms with Crippen LogP contribution < -0.4 is 20.3 Å². The van der Waals surface area contributed by atoms with Crippen molar-refractivity contribution < 1.29 is 23.7 Å². The summed E-state index contributed by atoms with van der Waals surface area (Å²) in [6.07, 6.45) is 5.74. The zero-order valence-corrected chi connectivity index (χ0v) is 25.6. The Kier molecular flexibility index (Phi) is 9.81. The van der Waals surface area contributed by atoms with E-state index in [1.165, 1.54) is 14.2 Å². The number of carbonyl (C=O) groups excluding carboxylic acids is 1. The molecule has 0 saturated carbocycles. The van der Waals surface area contributed by atoms with Crippen LogP contribution in [0.3, 0.4) is 0 Å². The molecule has 0 spiro atoms. The Balaban J connectivity index is 1.40. The van der Waals surface area contributed by atoms with Gasteiger partial charge in [-0.3, -0.25) is 14.2 Å². The van der Waals surface area contributed by atoms with Gasteiger partial charge in [0.05, 0.1) is 57.8 Å². The summed E-state index contributed by atoms with van der Waals surface area (Å²) in [5, 5.41) is 4.20. The van der Waals surface area contributed by atoms with E-state index in [0.717, 1.165) is 6.42 Å². The summed E-state index contributed by atoms with van der Waals surface area (Å²) in [7, 11) is 6.95. The van der Waals surface area contributed by atoms with E-state index in [1.54, 1.807) is 39.9 Å². The molecule has 1 N–H and O–H groups in total. The minimum absolute atomic E-state index is 0.0259. The molecule has 4 heterocycles. The molecule has 230 valence electrons. The third kappa shape index (κ3) is 7.10. The van der Waals surface area contributed by atoms with Gasteiger partial charge in [0, 0.05) is 54.5 Å². The van der Waals surface area contributed by atoms with Gasteiger partial charge in [-0.25, -0.2) is 4.98 Å². The van der Waals surface area contributed by atoms with Gasteiger partial charge in [-0.1, -0.05) is 17.7 Å². The number of pyridine rings is 1. The Labute approximate surface area is 255 Å². The molecule has 2 fully saturated rings. The Bertz CT molecular complexity index is 1560. The third-order valence-corrected chi connectivity index (χ3v) is 7.80. The number of fused-ring (bicyclic) bond motifs is 1. The number of nitrogens with zero attached hydrogens (tertiary/aromatic N) is 5. The van der Waals surface area contributed by atoms with Gasteiger partial charge < -0.3 is 34.1 Å². The number of carbonyl (C=O) groups is 1. The molecule has 1 aromatic carbocycles. The molecule has 2 saturated heterocycles. The van der Waals surface area contributed by atoms with Crippen molar-refractivity contribution in [2.24, 2.45) is 0 Å². The summed E-state index contributed by atoms with van der Waals surface area (Å²) in [6, 6.07) is 5.22. The molecule has 2 aromatic heterocycles. The number of amides is 1. The number of nitrogens with one attached hydrogen (secondary N) is 1. The molecule has 3 aromatic rings. The van der Waals surface area contributed by atoms with Crippen LogP contribution in [0, 0.1) is 0 Å². The van der Waals surface area contributed by atoms with Gasteiger partial charge in [-0.05, 0) is 32.6 Å². The standard InChI is InChI=1S/C30H37ClN6O6/c1-35(2)8-5-6-26(38)36-9-7-21(16-36)43-11-10-37-28-19(15-32-30(34-28)33-20-17-42-18-20)12-24(29(37)39)23-13-22(40-3)14-25(41-4)27(23)31/h5-6,12-15,20-21H,7-11,16-18H2,1-4H3,(H,32,33,34)/b6-5+. The molecule has 2 aliphatic rings. The second-order valence-corrected chi connectivity index (χ2v) is 11.2. The van der Waals surface area contributed by atoms with Gasteiger partial charge in [0.2, 0.25) is 11.9 Å². The van der Waals surface area contributed by atoms with Crippen molar-refractivity contribution in [2.75, 3.05) is 73.1 Å². The second kappa shape index (κ2) is 13.7. The Morgan fingerprint density at radius 2 is 2.02 bits per heavy atom. The molecule has 0 radical (unpaired) electrons. The molecule has 43 heavy (non-hydrogen) atoms. The fraction of sp³-hybridized carbons (Fsp3) is 0.467. The normalized spacial score (nSPS) is 17.2. The summed E-state index contributed by atoms with van der Waals surface area (Å²) in [5.74, 6) is 1.28. The average molecular weight is 613 g/mol. The van der Waals surface area contributed by atoms with Crippen LogP contribution in [0.25, 0.3) is 22.2 Å². The van der Waals surface area contributed by atoms with Crippen LogP contribution in [0.1, 0.15) is 6.42 Å². The zero-order chi connectivity index (χ0) is 30.5. The van der Waals surface area contributed by atoms with Gasteiger partial charge in [0.15, 0.2) is 0 Å². The number of anilines is 1. The van der Waals surface area contributed by atoms with Crippen LogP contribution in [0.5, 0.6) is 11.5 Å². The summed E-state index contributed by atoms with van der Waals surface area (Å²) < 4.78 is 23.9. The molecule has 1 unspecified atom stereocenters. The average Bonchev–Trinajstić information content (AvgIpc) is 3.45. The summed E-state index contributed by atoms with van der Waals surface area (Å²) in [5.41, 5.74) is 1.00. The van der Waals surface area contributed by atoms with Crippen LogP contribution >= 0.6 is 11.6 Å². The van der Waals surface area contributed by atoms with Crippen molar-refractivity contribution >= 4 is 34.5 Å². The SMILES string of the molecule is COc1cc(OC)c(Cl)c(-c2cc3cnc(NC4COC4)nc3n(CCOC3CCN(C(=O)/C=C/CN(C)C)C3)c2=O)c1. The minimum atomic E-state index is -0.292. The maximum atomic E-state index is 14.1.